The molecule has 0 amide bonds. The first kappa shape index (κ1) is 16.0. The SMILES string of the molecule is Fc1ccc(-c2nn3c(OC4CCC4)cccc3c2-c2ccncc2)cc1. The fourth-order valence-electron chi connectivity index (χ4n) is 3.41. The summed E-state index contributed by atoms with van der Waals surface area (Å²) in [5.74, 6) is 0.475. The van der Waals surface area contributed by atoms with Crippen molar-refractivity contribution in [3.8, 4) is 28.3 Å². The Kier molecular flexibility index (Phi) is 3.85. The van der Waals surface area contributed by atoms with Crippen LogP contribution in [-0.4, -0.2) is 20.7 Å². The molecule has 0 saturated heterocycles. The van der Waals surface area contributed by atoms with Crippen molar-refractivity contribution >= 4 is 5.52 Å². The molecule has 1 aromatic carbocycles. The highest BCUT2D eigenvalue weighted by Crippen LogP contribution is 2.37. The van der Waals surface area contributed by atoms with Gasteiger partial charge in [-0.05, 0) is 67.3 Å². The third-order valence-corrected chi connectivity index (χ3v) is 5.05. The highest BCUT2D eigenvalue weighted by molar-refractivity contribution is 5.92. The number of halogens is 1. The van der Waals surface area contributed by atoms with E-state index >= 15 is 0 Å². The predicted molar refractivity (Wildman–Crippen MR) is 102 cm³/mol. The van der Waals surface area contributed by atoms with Gasteiger partial charge in [-0.25, -0.2) is 4.39 Å². The summed E-state index contributed by atoms with van der Waals surface area (Å²) in [6, 6.07) is 16.3. The van der Waals surface area contributed by atoms with Gasteiger partial charge in [0.2, 0.25) is 5.88 Å². The van der Waals surface area contributed by atoms with E-state index < -0.39 is 0 Å². The first-order chi connectivity index (χ1) is 13.3. The number of pyridine rings is 2. The molecule has 5 heteroatoms. The molecule has 1 fully saturated rings. The molecule has 1 aliphatic carbocycles. The van der Waals surface area contributed by atoms with Crippen LogP contribution < -0.4 is 4.74 Å². The summed E-state index contributed by atoms with van der Waals surface area (Å²) in [5, 5.41) is 4.85. The van der Waals surface area contributed by atoms with Gasteiger partial charge < -0.3 is 4.74 Å². The van der Waals surface area contributed by atoms with Gasteiger partial charge in [0.25, 0.3) is 0 Å². The summed E-state index contributed by atoms with van der Waals surface area (Å²) in [6.07, 6.45) is 7.17. The largest absolute Gasteiger partial charge is 0.474 e. The fourth-order valence-corrected chi connectivity index (χ4v) is 3.41. The molecule has 0 N–H and O–H groups in total. The Morgan fingerprint density at radius 3 is 2.41 bits per heavy atom. The van der Waals surface area contributed by atoms with Crippen molar-refractivity contribution in [2.24, 2.45) is 0 Å². The minimum Gasteiger partial charge on any atom is -0.474 e. The molecular formula is C22H18FN3O. The predicted octanol–water partition coefficient (Wildman–Crippen LogP) is 5.13. The molecule has 0 radical (unpaired) electrons. The van der Waals surface area contributed by atoms with E-state index in [1.807, 2.05) is 34.8 Å². The number of benzene rings is 1. The molecule has 0 bridgehead atoms. The van der Waals surface area contributed by atoms with Crippen molar-refractivity contribution < 1.29 is 9.13 Å². The van der Waals surface area contributed by atoms with Gasteiger partial charge in [0, 0.05) is 29.6 Å². The second-order valence-corrected chi connectivity index (χ2v) is 6.80. The number of hydrogen-bond donors (Lipinski definition) is 0. The summed E-state index contributed by atoms with van der Waals surface area (Å²) in [7, 11) is 0. The van der Waals surface area contributed by atoms with Gasteiger partial charge in [0.05, 0.1) is 5.52 Å². The fraction of sp³-hybridized carbons (Fsp3) is 0.182. The Labute approximate surface area is 156 Å². The number of rotatable bonds is 4. The van der Waals surface area contributed by atoms with Crippen LogP contribution in [0.4, 0.5) is 4.39 Å². The first-order valence-corrected chi connectivity index (χ1v) is 9.14. The highest BCUT2D eigenvalue weighted by atomic mass is 19.1. The maximum absolute atomic E-state index is 13.4. The Hall–Kier alpha value is -3.21. The van der Waals surface area contributed by atoms with Crippen molar-refractivity contribution in [3.05, 3.63) is 72.8 Å². The minimum absolute atomic E-state index is 0.262. The average Bonchev–Trinajstić information content (AvgIpc) is 3.06. The summed E-state index contributed by atoms with van der Waals surface area (Å²) in [5.41, 5.74) is 4.62. The maximum Gasteiger partial charge on any atom is 0.215 e. The van der Waals surface area contributed by atoms with E-state index in [-0.39, 0.29) is 11.9 Å². The molecule has 0 atom stereocenters. The third-order valence-electron chi connectivity index (χ3n) is 5.05. The molecule has 1 aliphatic rings. The molecule has 4 aromatic rings. The van der Waals surface area contributed by atoms with Crippen molar-refractivity contribution in [1.29, 1.82) is 0 Å². The summed E-state index contributed by atoms with van der Waals surface area (Å²) in [4.78, 5) is 4.12. The molecule has 4 nitrogen and oxygen atoms in total. The average molecular weight is 359 g/mol. The summed E-state index contributed by atoms with van der Waals surface area (Å²) >= 11 is 0. The van der Waals surface area contributed by atoms with E-state index in [4.69, 9.17) is 9.84 Å². The molecule has 0 aliphatic heterocycles. The lowest BCUT2D eigenvalue weighted by atomic mass is 9.96. The van der Waals surface area contributed by atoms with Gasteiger partial charge in [0.1, 0.15) is 17.6 Å². The van der Waals surface area contributed by atoms with E-state index in [1.54, 1.807) is 24.5 Å². The van der Waals surface area contributed by atoms with Crippen LogP contribution in [0, 0.1) is 5.82 Å². The number of ether oxygens (including phenoxy) is 1. The van der Waals surface area contributed by atoms with Gasteiger partial charge in [-0.2, -0.15) is 9.61 Å². The minimum atomic E-state index is -0.262. The van der Waals surface area contributed by atoms with Crippen LogP contribution in [0.15, 0.2) is 67.0 Å². The maximum atomic E-state index is 13.4. The van der Waals surface area contributed by atoms with Crippen molar-refractivity contribution in [2.45, 2.75) is 25.4 Å². The monoisotopic (exact) mass is 359 g/mol. The lowest BCUT2D eigenvalue weighted by Gasteiger charge is -2.26. The van der Waals surface area contributed by atoms with E-state index in [0.29, 0.717) is 0 Å². The normalized spacial score (nSPS) is 14.3. The van der Waals surface area contributed by atoms with Crippen molar-refractivity contribution in [2.75, 3.05) is 0 Å². The Bertz CT molecular complexity index is 1090. The number of nitrogens with zero attached hydrogens (tertiary/aromatic N) is 3. The molecule has 0 spiro atoms. The van der Waals surface area contributed by atoms with Gasteiger partial charge in [-0.3, -0.25) is 4.98 Å². The van der Waals surface area contributed by atoms with Crippen LogP contribution >= 0.6 is 0 Å². The van der Waals surface area contributed by atoms with Crippen LogP contribution in [-0.2, 0) is 0 Å². The third kappa shape index (κ3) is 2.85. The molecule has 134 valence electrons. The number of fused-ring (bicyclic) bond motifs is 1. The zero-order valence-electron chi connectivity index (χ0n) is 14.7. The van der Waals surface area contributed by atoms with Gasteiger partial charge in [-0.1, -0.05) is 6.07 Å². The van der Waals surface area contributed by atoms with E-state index in [2.05, 4.69) is 4.98 Å². The van der Waals surface area contributed by atoms with Crippen LogP contribution in [0.5, 0.6) is 5.88 Å². The standard InChI is InChI=1S/C22H18FN3O/c23-17-9-7-16(8-10-17)22-21(15-11-13-24-14-12-15)19-5-2-6-20(26(19)25-22)27-18-3-1-4-18/h2,5-14,18H,1,3-4H2. The van der Waals surface area contributed by atoms with E-state index in [9.17, 15) is 4.39 Å². The highest BCUT2D eigenvalue weighted by Gasteiger charge is 2.22. The van der Waals surface area contributed by atoms with E-state index in [1.165, 1.54) is 18.6 Å². The molecule has 5 rings (SSSR count). The molecule has 1 saturated carbocycles. The topological polar surface area (TPSA) is 39.4 Å². The zero-order chi connectivity index (χ0) is 18.2. The van der Waals surface area contributed by atoms with Gasteiger partial charge in [-0.15, -0.1) is 0 Å². The van der Waals surface area contributed by atoms with Crippen LogP contribution in [0.2, 0.25) is 0 Å². The molecular weight excluding hydrogens is 341 g/mol. The molecule has 3 heterocycles. The first-order valence-electron chi connectivity index (χ1n) is 9.14. The Balaban J connectivity index is 1.74. The number of aromatic nitrogens is 3. The second kappa shape index (κ2) is 6.50. The number of hydrogen-bond acceptors (Lipinski definition) is 3. The molecule has 3 aromatic heterocycles. The smallest absolute Gasteiger partial charge is 0.215 e. The van der Waals surface area contributed by atoms with Crippen molar-refractivity contribution in [3.63, 3.8) is 0 Å². The quantitative estimate of drug-likeness (QED) is 0.507. The van der Waals surface area contributed by atoms with Crippen molar-refractivity contribution in [1.82, 2.24) is 14.6 Å². The molecule has 0 unspecified atom stereocenters. The second-order valence-electron chi connectivity index (χ2n) is 6.80. The van der Waals surface area contributed by atoms with Gasteiger partial charge in [0.15, 0.2) is 0 Å². The van der Waals surface area contributed by atoms with Crippen LogP contribution in [0.1, 0.15) is 19.3 Å². The Morgan fingerprint density at radius 2 is 1.70 bits per heavy atom. The summed E-state index contributed by atoms with van der Waals surface area (Å²) in [6.45, 7) is 0. The van der Waals surface area contributed by atoms with E-state index in [0.717, 1.165) is 46.6 Å². The Morgan fingerprint density at radius 1 is 0.926 bits per heavy atom. The van der Waals surface area contributed by atoms with Gasteiger partial charge >= 0.3 is 0 Å². The zero-order valence-corrected chi connectivity index (χ0v) is 14.7. The molecule has 27 heavy (non-hydrogen) atoms. The van der Waals surface area contributed by atoms with Crippen LogP contribution in [0.3, 0.4) is 0 Å². The van der Waals surface area contributed by atoms with Crippen LogP contribution in [0.25, 0.3) is 27.9 Å². The summed E-state index contributed by atoms with van der Waals surface area (Å²) < 4.78 is 21.4. The lowest BCUT2D eigenvalue weighted by Crippen LogP contribution is -2.25. The lowest BCUT2D eigenvalue weighted by molar-refractivity contribution is 0.111.